The Morgan fingerprint density at radius 1 is 1.31 bits per heavy atom. The van der Waals surface area contributed by atoms with Crippen LogP contribution in [0.2, 0.25) is 0 Å². The van der Waals surface area contributed by atoms with Gasteiger partial charge in [0, 0.05) is 23.0 Å². The van der Waals surface area contributed by atoms with E-state index in [1.54, 1.807) is 0 Å². The topological polar surface area (TPSA) is 24.9 Å². The Morgan fingerprint density at radius 3 is 2.75 bits per heavy atom. The molecule has 84 valence electrons. The minimum atomic E-state index is 0.424. The maximum absolute atomic E-state index is 4.02. The first-order valence-electron chi connectivity index (χ1n) is 5.60. The molecule has 0 saturated carbocycles. The van der Waals surface area contributed by atoms with Gasteiger partial charge in [0.15, 0.2) is 0 Å². The van der Waals surface area contributed by atoms with Crippen LogP contribution < -0.4 is 5.32 Å². The molecule has 2 aromatic rings. The van der Waals surface area contributed by atoms with Crippen molar-refractivity contribution in [3.8, 4) is 0 Å². The van der Waals surface area contributed by atoms with Crippen molar-refractivity contribution in [2.24, 2.45) is 0 Å². The SMILES string of the molecule is CCCC(Nc1ccncc1)c1cccs1. The molecule has 16 heavy (non-hydrogen) atoms. The lowest BCUT2D eigenvalue weighted by molar-refractivity contribution is 0.687. The van der Waals surface area contributed by atoms with E-state index < -0.39 is 0 Å². The number of hydrogen-bond donors (Lipinski definition) is 1. The summed E-state index contributed by atoms with van der Waals surface area (Å²) in [6.45, 7) is 2.22. The second kappa shape index (κ2) is 5.66. The van der Waals surface area contributed by atoms with Crippen LogP contribution in [0.15, 0.2) is 42.0 Å². The van der Waals surface area contributed by atoms with Gasteiger partial charge in [-0.15, -0.1) is 11.3 Å². The van der Waals surface area contributed by atoms with Gasteiger partial charge >= 0.3 is 0 Å². The normalized spacial score (nSPS) is 12.3. The summed E-state index contributed by atoms with van der Waals surface area (Å²) in [5.41, 5.74) is 1.14. The van der Waals surface area contributed by atoms with Crippen LogP contribution in [-0.4, -0.2) is 4.98 Å². The quantitative estimate of drug-likeness (QED) is 0.839. The van der Waals surface area contributed by atoms with E-state index in [4.69, 9.17) is 0 Å². The van der Waals surface area contributed by atoms with E-state index in [9.17, 15) is 0 Å². The molecule has 0 aliphatic carbocycles. The van der Waals surface area contributed by atoms with Gasteiger partial charge in [-0.05, 0) is 30.0 Å². The molecule has 3 heteroatoms. The number of nitrogens with one attached hydrogen (secondary N) is 1. The molecule has 0 spiro atoms. The fourth-order valence-corrected chi connectivity index (χ4v) is 2.53. The number of pyridine rings is 1. The molecule has 1 N–H and O–H groups in total. The molecule has 1 unspecified atom stereocenters. The average molecular weight is 232 g/mol. The molecule has 0 radical (unpaired) electrons. The van der Waals surface area contributed by atoms with Gasteiger partial charge in [0.1, 0.15) is 0 Å². The van der Waals surface area contributed by atoms with Gasteiger partial charge in [0.05, 0.1) is 6.04 Å². The Labute approximate surface area is 100 Å². The van der Waals surface area contributed by atoms with Crippen molar-refractivity contribution >= 4 is 17.0 Å². The zero-order valence-corrected chi connectivity index (χ0v) is 10.2. The molecule has 2 aromatic heterocycles. The first-order chi connectivity index (χ1) is 7.90. The van der Waals surface area contributed by atoms with Crippen LogP contribution in [0.25, 0.3) is 0 Å². The van der Waals surface area contributed by atoms with E-state index in [2.05, 4.69) is 34.7 Å². The molecule has 0 fully saturated rings. The van der Waals surface area contributed by atoms with Crippen molar-refractivity contribution in [2.75, 3.05) is 5.32 Å². The zero-order chi connectivity index (χ0) is 11.2. The summed E-state index contributed by atoms with van der Waals surface area (Å²) in [4.78, 5) is 5.43. The Kier molecular flexibility index (Phi) is 3.94. The van der Waals surface area contributed by atoms with Gasteiger partial charge in [-0.3, -0.25) is 4.98 Å². The molecule has 1 atom stereocenters. The third kappa shape index (κ3) is 2.83. The lowest BCUT2D eigenvalue weighted by Crippen LogP contribution is -2.08. The highest BCUT2D eigenvalue weighted by atomic mass is 32.1. The average Bonchev–Trinajstić information content (AvgIpc) is 2.83. The molecule has 0 aliphatic rings. The Morgan fingerprint density at radius 2 is 2.12 bits per heavy atom. The number of aromatic nitrogens is 1. The van der Waals surface area contributed by atoms with E-state index >= 15 is 0 Å². The lowest BCUT2D eigenvalue weighted by atomic mass is 10.1. The summed E-state index contributed by atoms with van der Waals surface area (Å²) >= 11 is 1.81. The molecule has 0 bridgehead atoms. The summed E-state index contributed by atoms with van der Waals surface area (Å²) in [5, 5.41) is 5.68. The Bertz CT molecular complexity index is 397. The van der Waals surface area contributed by atoms with E-state index in [-0.39, 0.29) is 0 Å². The van der Waals surface area contributed by atoms with Crippen LogP contribution >= 0.6 is 11.3 Å². The van der Waals surface area contributed by atoms with E-state index in [1.165, 1.54) is 11.3 Å². The second-order valence-electron chi connectivity index (χ2n) is 3.74. The van der Waals surface area contributed by atoms with Crippen LogP contribution in [-0.2, 0) is 0 Å². The van der Waals surface area contributed by atoms with Gasteiger partial charge in [0.2, 0.25) is 0 Å². The Hall–Kier alpha value is -1.35. The minimum Gasteiger partial charge on any atom is -0.377 e. The van der Waals surface area contributed by atoms with Crippen LogP contribution in [0.1, 0.15) is 30.7 Å². The fraction of sp³-hybridized carbons (Fsp3) is 0.308. The highest BCUT2D eigenvalue weighted by Crippen LogP contribution is 2.26. The summed E-state index contributed by atoms with van der Waals surface area (Å²) in [6.07, 6.45) is 5.98. The summed E-state index contributed by atoms with van der Waals surface area (Å²) < 4.78 is 0. The highest BCUT2D eigenvalue weighted by molar-refractivity contribution is 7.10. The number of thiophene rings is 1. The summed E-state index contributed by atoms with van der Waals surface area (Å²) in [5.74, 6) is 0. The summed E-state index contributed by atoms with van der Waals surface area (Å²) in [6, 6.07) is 8.75. The highest BCUT2D eigenvalue weighted by Gasteiger charge is 2.10. The largest absolute Gasteiger partial charge is 0.377 e. The predicted octanol–water partition coefficient (Wildman–Crippen LogP) is 4.10. The Balaban J connectivity index is 2.09. The maximum atomic E-state index is 4.02. The van der Waals surface area contributed by atoms with E-state index in [0.717, 1.165) is 12.1 Å². The second-order valence-corrected chi connectivity index (χ2v) is 4.72. The smallest absolute Gasteiger partial charge is 0.0606 e. The molecule has 0 aliphatic heterocycles. The molecule has 0 amide bonds. The minimum absolute atomic E-state index is 0.424. The molecular formula is C13H16N2S. The number of rotatable bonds is 5. The third-order valence-electron chi connectivity index (χ3n) is 2.49. The van der Waals surface area contributed by atoms with Crippen molar-refractivity contribution in [3.05, 3.63) is 46.9 Å². The standard InChI is InChI=1S/C13H16N2S/c1-2-4-12(13-5-3-10-16-13)15-11-6-8-14-9-7-11/h3,5-10,12H,2,4H2,1H3,(H,14,15). The molecule has 2 nitrogen and oxygen atoms in total. The molecule has 2 rings (SSSR count). The maximum Gasteiger partial charge on any atom is 0.0606 e. The van der Waals surface area contributed by atoms with Crippen LogP contribution in [0.4, 0.5) is 5.69 Å². The van der Waals surface area contributed by atoms with Crippen molar-refractivity contribution in [1.29, 1.82) is 0 Å². The fourth-order valence-electron chi connectivity index (χ4n) is 1.71. The van der Waals surface area contributed by atoms with Crippen molar-refractivity contribution in [3.63, 3.8) is 0 Å². The van der Waals surface area contributed by atoms with Crippen LogP contribution in [0.5, 0.6) is 0 Å². The van der Waals surface area contributed by atoms with E-state index in [1.807, 2.05) is 35.9 Å². The van der Waals surface area contributed by atoms with Gasteiger partial charge in [-0.2, -0.15) is 0 Å². The van der Waals surface area contributed by atoms with Crippen molar-refractivity contribution < 1.29 is 0 Å². The number of anilines is 1. The zero-order valence-electron chi connectivity index (χ0n) is 9.39. The third-order valence-corrected chi connectivity index (χ3v) is 3.47. The molecule has 0 aromatic carbocycles. The van der Waals surface area contributed by atoms with Gasteiger partial charge < -0.3 is 5.32 Å². The predicted molar refractivity (Wildman–Crippen MR) is 69.8 cm³/mol. The van der Waals surface area contributed by atoms with Crippen molar-refractivity contribution in [1.82, 2.24) is 4.98 Å². The van der Waals surface area contributed by atoms with Crippen LogP contribution in [0.3, 0.4) is 0 Å². The summed E-state index contributed by atoms with van der Waals surface area (Å²) in [7, 11) is 0. The van der Waals surface area contributed by atoms with E-state index in [0.29, 0.717) is 6.04 Å². The van der Waals surface area contributed by atoms with Gasteiger partial charge in [-0.25, -0.2) is 0 Å². The van der Waals surface area contributed by atoms with Crippen molar-refractivity contribution in [2.45, 2.75) is 25.8 Å². The lowest BCUT2D eigenvalue weighted by Gasteiger charge is -2.17. The number of nitrogens with zero attached hydrogens (tertiary/aromatic N) is 1. The van der Waals surface area contributed by atoms with Gasteiger partial charge in [0.25, 0.3) is 0 Å². The first-order valence-corrected chi connectivity index (χ1v) is 6.48. The molecular weight excluding hydrogens is 216 g/mol. The van der Waals surface area contributed by atoms with Gasteiger partial charge in [-0.1, -0.05) is 19.4 Å². The molecule has 0 saturated heterocycles. The first kappa shape index (κ1) is 11.1. The molecule has 2 heterocycles. The van der Waals surface area contributed by atoms with Crippen LogP contribution in [0, 0.1) is 0 Å². The number of hydrogen-bond acceptors (Lipinski definition) is 3. The monoisotopic (exact) mass is 232 g/mol.